The van der Waals surface area contributed by atoms with Gasteiger partial charge in [-0.25, -0.2) is 0 Å². The molecule has 0 aromatic carbocycles. The predicted octanol–water partition coefficient (Wildman–Crippen LogP) is 4.62. The lowest BCUT2D eigenvalue weighted by atomic mass is 10.0. The summed E-state index contributed by atoms with van der Waals surface area (Å²) in [7, 11) is 0. The van der Waals surface area contributed by atoms with Gasteiger partial charge in [-0.2, -0.15) is 0 Å². The van der Waals surface area contributed by atoms with Crippen LogP contribution in [0.15, 0.2) is 38.9 Å². The Balaban J connectivity index is 1.91. The van der Waals surface area contributed by atoms with E-state index in [2.05, 4.69) is 39.6 Å². The van der Waals surface area contributed by atoms with Crippen molar-refractivity contribution in [2.45, 2.75) is 38.3 Å². The third kappa shape index (κ3) is 4.45. The molecule has 2 aromatic rings. The maximum atomic E-state index is 6.28. The standard InChI is InChI=1S/C15H21BrN2OS/c1-2-6-18-14(11-5-7-19-9-11)4-3-13(17)15-8-12(16)10-20-15/h5,7-10,13-14,18H,2-4,6,17H2,1H3. The van der Waals surface area contributed by atoms with E-state index in [4.69, 9.17) is 10.2 Å². The summed E-state index contributed by atoms with van der Waals surface area (Å²) in [5, 5.41) is 5.64. The molecule has 0 fully saturated rings. The highest BCUT2D eigenvalue weighted by atomic mass is 79.9. The zero-order chi connectivity index (χ0) is 14.4. The predicted molar refractivity (Wildman–Crippen MR) is 87.9 cm³/mol. The van der Waals surface area contributed by atoms with Crippen LogP contribution in [0.2, 0.25) is 0 Å². The number of halogens is 1. The fraction of sp³-hybridized carbons (Fsp3) is 0.467. The molecule has 0 amide bonds. The summed E-state index contributed by atoms with van der Waals surface area (Å²) in [6, 6.07) is 4.56. The van der Waals surface area contributed by atoms with E-state index in [0.29, 0.717) is 6.04 Å². The smallest absolute Gasteiger partial charge is 0.0950 e. The molecule has 3 N–H and O–H groups in total. The molecule has 2 rings (SSSR count). The van der Waals surface area contributed by atoms with Crippen LogP contribution in [0.1, 0.15) is 48.7 Å². The summed E-state index contributed by atoms with van der Waals surface area (Å²) in [4.78, 5) is 1.23. The minimum Gasteiger partial charge on any atom is -0.472 e. The van der Waals surface area contributed by atoms with Gasteiger partial charge in [-0.1, -0.05) is 6.92 Å². The largest absolute Gasteiger partial charge is 0.472 e. The quantitative estimate of drug-likeness (QED) is 0.725. The van der Waals surface area contributed by atoms with Crippen LogP contribution in [0.4, 0.5) is 0 Å². The number of rotatable bonds is 8. The number of nitrogens with one attached hydrogen (secondary N) is 1. The van der Waals surface area contributed by atoms with Gasteiger partial charge in [-0.05, 0) is 53.9 Å². The van der Waals surface area contributed by atoms with E-state index in [1.54, 1.807) is 17.6 Å². The van der Waals surface area contributed by atoms with Crippen molar-refractivity contribution >= 4 is 27.3 Å². The second-order valence-electron chi connectivity index (χ2n) is 4.91. The average Bonchev–Trinajstić information content (AvgIpc) is 3.10. The summed E-state index contributed by atoms with van der Waals surface area (Å²) < 4.78 is 6.31. The van der Waals surface area contributed by atoms with Crippen molar-refractivity contribution in [3.63, 3.8) is 0 Å². The number of thiophene rings is 1. The number of hydrogen-bond donors (Lipinski definition) is 2. The second kappa shape index (κ2) is 7.98. The fourth-order valence-electron chi connectivity index (χ4n) is 2.19. The van der Waals surface area contributed by atoms with Crippen molar-refractivity contribution in [2.24, 2.45) is 5.73 Å². The molecule has 0 saturated heterocycles. The van der Waals surface area contributed by atoms with E-state index in [0.717, 1.165) is 30.3 Å². The summed E-state index contributed by atoms with van der Waals surface area (Å²) >= 11 is 5.19. The maximum absolute atomic E-state index is 6.28. The molecule has 2 heterocycles. The van der Waals surface area contributed by atoms with Gasteiger partial charge >= 0.3 is 0 Å². The Bertz CT molecular complexity index is 498. The van der Waals surface area contributed by atoms with Gasteiger partial charge in [0.05, 0.1) is 12.5 Å². The van der Waals surface area contributed by atoms with E-state index < -0.39 is 0 Å². The minimum absolute atomic E-state index is 0.101. The molecule has 0 spiro atoms. The monoisotopic (exact) mass is 356 g/mol. The van der Waals surface area contributed by atoms with E-state index >= 15 is 0 Å². The van der Waals surface area contributed by atoms with Crippen molar-refractivity contribution < 1.29 is 4.42 Å². The first-order chi connectivity index (χ1) is 9.70. The molecule has 5 heteroatoms. The topological polar surface area (TPSA) is 51.2 Å². The van der Waals surface area contributed by atoms with Crippen molar-refractivity contribution in [2.75, 3.05) is 6.54 Å². The van der Waals surface area contributed by atoms with E-state index in [9.17, 15) is 0 Å². The summed E-state index contributed by atoms with van der Waals surface area (Å²) in [6.07, 6.45) is 6.64. The van der Waals surface area contributed by atoms with Crippen molar-refractivity contribution in [1.82, 2.24) is 5.32 Å². The summed E-state index contributed by atoms with van der Waals surface area (Å²) in [6.45, 7) is 3.18. The van der Waals surface area contributed by atoms with Gasteiger partial charge in [-0.3, -0.25) is 0 Å². The van der Waals surface area contributed by atoms with Crippen LogP contribution in [0.25, 0.3) is 0 Å². The Morgan fingerprint density at radius 2 is 2.30 bits per heavy atom. The highest BCUT2D eigenvalue weighted by Crippen LogP contribution is 2.29. The summed E-state index contributed by atoms with van der Waals surface area (Å²) in [5.41, 5.74) is 7.48. The van der Waals surface area contributed by atoms with Gasteiger partial charge in [0.15, 0.2) is 0 Å². The van der Waals surface area contributed by atoms with Crippen molar-refractivity contribution in [3.05, 3.63) is 45.0 Å². The minimum atomic E-state index is 0.101. The second-order valence-corrected chi connectivity index (χ2v) is 6.77. The van der Waals surface area contributed by atoms with Crippen LogP contribution in [0, 0.1) is 0 Å². The van der Waals surface area contributed by atoms with Crippen LogP contribution in [-0.4, -0.2) is 6.54 Å². The molecule has 0 saturated carbocycles. The van der Waals surface area contributed by atoms with E-state index in [-0.39, 0.29) is 6.04 Å². The van der Waals surface area contributed by atoms with Crippen LogP contribution in [0.5, 0.6) is 0 Å². The van der Waals surface area contributed by atoms with E-state index in [1.807, 2.05) is 12.3 Å². The molecule has 110 valence electrons. The van der Waals surface area contributed by atoms with Gasteiger partial charge in [0.25, 0.3) is 0 Å². The molecule has 2 aromatic heterocycles. The molecule has 0 bridgehead atoms. The Hall–Kier alpha value is -0.620. The van der Waals surface area contributed by atoms with Gasteiger partial charge in [0, 0.05) is 32.4 Å². The highest BCUT2D eigenvalue weighted by Gasteiger charge is 2.15. The Morgan fingerprint density at radius 1 is 1.45 bits per heavy atom. The number of furan rings is 1. The van der Waals surface area contributed by atoms with Gasteiger partial charge in [-0.15, -0.1) is 11.3 Å². The van der Waals surface area contributed by atoms with Gasteiger partial charge in [0.2, 0.25) is 0 Å². The Kier molecular flexibility index (Phi) is 6.29. The molecule has 0 radical (unpaired) electrons. The maximum Gasteiger partial charge on any atom is 0.0950 e. The van der Waals surface area contributed by atoms with Crippen LogP contribution >= 0.6 is 27.3 Å². The lowest BCUT2D eigenvalue weighted by Gasteiger charge is -2.19. The van der Waals surface area contributed by atoms with Crippen LogP contribution in [-0.2, 0) is 0 Å². The third-order valence-corrected chi connectivity index (χ3v) is 5.13. The Morgan fingerprint density at radius 3 is 2.90 bits per heavy atom. The number of hydrogen-bond acceptors (Lipinski definition) is 4. The molecular weight excluding hydrogens is 336 g/mol. The van der Waals surface area contributed by atoms with Crippen molar-refractivity contribution in [1.29, 1.82) is 0 Å². The first-order valence-electron chi connectivity index (χ1n) is 6.95. The molecule has 0 aliphatic heterocycles. The lowest BCUT2D eigenvalue weighted by Crippen LogP contribution is -2.23. The third-order valence-electron chi connectivity index (χ3n) is 3.31. The fourth-order valence-corrected chi connectivity index (χ4v) is 3.67. The molecule has 0 aliphatic carbocycles. The zero-order valence-corrected chi connectivity index (χ0v) is 14.0. The molecule has 3 nitrogen and oxygen atoms in total. The van der Waals surface area contributed by atoms with Gasteiger partial charge < -0.3 is 15.5 Å². The molecule has 20 heavy (non-hydrogen) atoms. The Labute approximate surface area is 132 Å². The molecule has 2 atom stereocenters. The van der Waals surface area contributed by atoms with Crippen LogP contribution < -0.4 is 11.1 Å². The first kappa shape index (κ1) is 15.8. The van der Waals surface area contributed by atoms with Gasteiger partial charge in [0.1, 0.15) is 0 Å². The van der Waals surface area contributed by atoms with Crippen molar-refractivity contribution in [3.8, 4) is 0 Å². The normalized spacial score (nSPS) is 14.3. The first-order valence-corrected chi connectivity index (χ1v) is 8.63. The molecule has 2 unspecified atom stereocenters. The van der Waals surface area contributed by atoms with Crippen LogP contribution in [0.3, 0.4) is 0 Å². The number of nitrogens with two attached hydrogens (primary N) is 1. The lowest BCUT2D eigenvalue weighted by molar-refractivity contribution is 0.455. The van der Waals surface area contributed by atoms with E-state index in [1.165, 1.54) is 10.4 Å². The zero-order valence-electron chi connectivity index (χ0n) is 11.6. The SMILES string of the molecule is CCCNC(CCC(N)c1cc(Br)cs1)c1ccoc1. The average molecular weight is 357 g/mol. The highest BCUT2D eigenvalue weighted by molar-refractivity contribution is 9.10. The summed E-state index contributed by atoms with van der Waals surface area (Å²) in [5.74, 6) is 0. The molecular formula is C15H21BrN2OS. The molecule has 0 aliphatic rings.